The van der Waals surface area contributed by atoms with Crippen molar-refractivity contribution < 1.29 is 4.79 Å². The van der Waals surface area contributed by atoms with E-state index in [2.05, 4.69) is 11.6 Å². The van der Waals surface area contributed by atoms with Gasteiger partial charge in [-0.15, -0.1) is 0 Å². The molecule has 0 saturated heterocycles. The summed E-state index contributed by atoms with van der Waals surface area (Å²) in [5.74, 6) is -0.0724. The lowest BCUT2D eigenvalue weighted by atomic mass is 10.3. The van der Waals surface area contributed by atoms with Crippen LogP contribution in [0.2, 0.25) is 0 Å². The van der Waals surface area contributed by atoms with Gasteiger partial charge in [0.2, 0.25) is 0 Å². The molecule has 0 N–H and O–H groups in total. The average molecular weight is 180 g/mol. The van der Waals surface area contributed by atoms with E-state index in [1.807, 2.05) is 6.92 Å². The van der Waals surface area contributed by atoms with E-state index in [1.165, 1.54) is 4.90 Å². The largest absolute Gasteiger partial charge is 0.344 e. The maximum Gasteiger partial charge on any atom is 0.267 e. The quantitative estimate of drug-likeness (QED) is 0.480. The zero-order valence-corrected chi connectivity index (χ0v) is 8.66. The number of carbonyl (C=O) groups is 1. The second-order valence-electron chi connectivity index (χ2n) is 2.94. The van der Waals surface area contributed by atoms with E-state index in [-0.39, 0.29) is 5.91 Å². The molecule has 0 saturated carbocycles. The maximum atomic E-state index is 11.3. The maximum absolute atomic E-state index is 11.3. The molecule has 0 bridgehead atoms. The minimum atomic E-state index is -0.0724. The van der Waals surface area contributed by atoms with Crippen LogP contribution in [-0.4, -0.2) is 30.6 Å². The van der Waals surface area contributed by atoms with Crippen molar-refractivity contribution >= 4 is 11.6 Å². The van der Waals surface area contributed by atoms with Crippen LogP contribution in [0.3, 0.4) is 0 Å². The number of carbonyl (C=O) groups excluding carboxylic acids is 1. The number of hydrogen-bond acceptors (Lipinski definition) is 2. The minimum Gasteiger partial charge on any atom is -0.344 e. The molecule has 0 aromatic rings. The Kier molecular flexibility index (Phi) is 4.74. The standard InChI is InChI=1S/C10H16N2O/c1-6-7-8(2)11-9(3)10(13)12(4)5/h6-7H,1H2,2-5H3/b8-7+,11-9?. The van der Waals surface area contributed by atoms with E-state index in [9.17, 15) is 4.79 Å². The normalized spacial score (nSPS) is 12.6. The van der Waals surface area contributed by atoms with Crippen LogP contribution < -0.4 is 0 Å². The van der Waals surface area contributed by atoms with Gasteiger partial charge in [-0.25, -0.2) is 0 Å². The summed E-state index contributed by atoms with van der Waals surface area (Å²) in [7, 11) is 3.40. The molecule has 0 unspecified atom stereocenters. The van der Waals surface area contributed by atoms with Gasteiger partial charge in [-0.2, -0.15) is 0 Å². The van der Waals surface area contributed by atoms with E-state index in [0.717, 1.165) is 5.70 Å². The molecule has 0 atom stereocenters. The average Bonchev–Trinajstić information content (AvgIpc) is 2.03. The Labute approximate surface area is 79.5 Å². The van der Waals surface area contributed by atoms with Crippen molar-refractivity contribution in [2.45, 2.75) is 13.8 Å². The van der Waals surface area contributed by atoms with E-state index < -0.39 is 0 Å². The lowest BCUT2D eigenvalue weighted by Crippen LogP contribution is -2.28. The molecule has 0 aromatic heterocycles. The third-order valence-corrected chi connectivity index (χ3v) is 1.42. The molecular weight excluding hydrogens is 164 g/mol. The van der Waals surface area contributed by atoms with Crippen LogP contribution >= 0.6 is 0 Å². The summed E-state index contributed by atoms with van der Waals surface area (Å²) in [5, 5.41) is 0. The van der Waals surface area contributed by atoms with E-state index in [4.69, 9.17) is 0 Å². The highest BCUT2D eigenvalue weighted by Crippen LogP contribution is 1.97. The summed E-state index contributed by atoms with van der Waals surface area (Å²) in [6.07, 6.45) is 3.40. The van der Waals surface area contributed by atoms with Gasteiger partial charge >= 0.3 is 0 Å². The van der Waals surface area contributed by atoms with Crippen LogP contribution in [0.4, 0.5) is 0 Å². The van der Waals surface area contributed by atoms with Crippen LogP contribution in [0.1, 0.15) is 13.8 Å². The third-order valence-electron chi connectivity index (χ3n) is 1.42. The Morgan fingerprint density at radius 1 is 1.38 bits per heavy atom. The van der Waals surface area contributed by atoms with Gasteiger partial charge in [-0.1, -0.05) is 12.7 Å². The molecule has 72 valence electrons. The van der Waals surface area contributed by atoms with Crippen LogP contribution in [-0.2, 0) is 4.79 Å². The molecule has 0 radical (unpaired) electrons. The highest BCUT2D eigenvalue weighted by atomic mass is 16.2. The zero-order chi connectivity index (χ0) is 10.4. The van der Waals surface area contributed by atoms with Gasteiger partial charge in [0.25, 0.3) is 5.91 Å². The molecule has 0 aromatic carbocycles. The summed E-state index contributed by atoms with van der Waals surface area (Å²) < 4.78 is 0. The van der Waals surface area contributed by atoms with Crippen molar-refractivity contribution in [3.05, 3.63) is 24.4 Å². The predicted molar refractivity (Wildman–Crippen MR) is 55.8 cm³/mol. The lowest BCUT2D eigenvalue weighted by molar-refractivity contribution is -0.121. The first-order valence-electron chi connectivity index (χ1n) is 4.05. The molecule has 0 heterocycles. The Bertz CT molecular complexity index is 262. The van der Waals surface area contributed by atoms with Gasteiger partial charge < -0.3 is 4.90 Å². The first kappa shape index (κ1) is 11.6. The summed E-state index contributed by atoms with van der Waals surface area (Å²) in [5.41, 5.74) is 1.27. The summed E-state index contributed by atoms with van der Waals surface area (Å²) in [4.78, 5) is 16.9. The van der Waals surface area contributed by atoms with Crippen molar-refractivity contribution in [1.29, 1.82) is 0 Å². The van der Waals surface area contributed by atoms with Crippen molar-refractivity contribution in [2.75, 3.05) is 14.1 Å². The van der Waals surface area contributed by atoms with Crippen LogP contribution in [0, 0.1) is 0 Å². The van der Waals surface area contributed by atoms with Gasteiger partial charge in [0.05, 0.1) is 0 Å². The molecule has 0 aliphatic rings. The molecule has 0 spiro atoms. The van der Waals surface area contributed by atoms with Crippen molar-refractivity contribution in [3.63, 3.8) is 0 Å². The predicted octanol–water partition coefficient (Wildman–Crippen LogP) is 1.63. The molecule has 0 fully saturated rings. The van der Waals surface area contributed by atoms with Crippen molar-refractivity contribution in [2.24, 2.45) is 4.99 Å². The fourth-order valence-electron chi connectivity index (χ4n) is 0.844. The van der Waals surface area contributed by atoms with E-state index >= 15 is 0 Å². The highest BCUT2D eigenvalue weighted by molar-refractivity contribution is 6.37. The van der Waals surface area contributed by atoms with Gasteiger partial charge in [0.15, 0.2) is 0 Å². The Hall–Kier alpha value is -1.38. The van der Waals surface area contributed by atoms with Gasteiger partial charge in [0, 0.05) is 19.8 Å². The first-order valence-corrected chi connectivity index (χ1v) is 4.05. The van der Waals surface area contributed by atoms with Gasteiger partial charge in [-0.05, 0) is 19.9 Å². The second-order valence-corrected chi connectivity index (χ2v) is 2.94. The molecule has 3 heteroatoms. The monoisotopic (exact) mass is 180 g/mol. The summed E-state index contributed by atoms with van der Waals surface area (Å²) in [6, 6.07) is 0. The first-order chi connectivity index (χ1) is 5.99. The number of hydrogen-bond donors (Lipinski definition) is 0. The molecule has 0 aliphatic carbocycles. The topological polar surface area (TPSA) is 32.7 Å². The molecule has 3 nitrogen and oxygen atoms in total. The molecular formula is C10H16N2O. The number of nitrogens with zero attached hydrogens (tertiary/aromatic N) is 2. The molecule has 13 heavy (non-hydrogen) atoms. The van der Waals surface area contributed by atoms with E-state index in [1.54, 1.807) is 33.2 Å². The fraction of sp³-hybridized carbons (Fsp3) is 0.400. The second kappa shape index (κ2) is 5.30. The third kappa shape index (κ3) is 4.25. The van der Waals surface area contributed by atoms with Crippen LogP contribution in [0.5, 0.6) is 0 Å². The number of allylic oxidation sites excluding steroid dienone is 3. The molecule has 1 amide bonds. The van der Waals surface area contributed by atoms with E-state index in [0.29, 0.717) is 5.71 Å². The Balaban J connectivity index is 4.58. The lowest BCUT2D eigenvalue weighted by Gasteiger charge is -2.09. The SMILES string of the molecule is C=C/C=C(\C)N=C(C)C(=O)N(C)C. The number of rotatable bonds is 3. The number of amides is 1. The zero-order valence-electron chi connectivity index (χ0n) is 8.66. The van der Waals surface area contributed by atoms with Crippen LogP contribution in [0.15, 0.2) is 29.4 Å². The van der Waals surface area contributed by atoms with Crippen LogP contribution in [0.25, 0.3) is 0 Å². The van der Waals surface area contributed by atoms with Crippen molar-refractivity contribution in [3.8, 4) is 0 Å². The Morgan fingerprint density at radius 2 is 1.92 bits per heavy atom. The molecule has 0 rings (SSSR count). The summed E-state index contributed by atoms with van der Waals surface area (Å²) in [6.45, 7) is 7.07. The molecule has 0 aliphatic heterocycles. The highest BCUT2D eigenvalue weighted by Gasteiger charge is 2.06. The summed E-state index contributed by atoms with van der Waals surface area (Å²) >= 11 is 0. The van der Waals surface area contributed by atoms with Crippen molar-refractivity contribution in [1.82, 2.24) is 4.90 Å². The smallest absolute Gasteiger partial charge is 0.267 e. The van der Waals surface area contributed by atoms with Gasteiger partial charge in [-0.3, -0.25) is 9.79 Å². The minimum absolute atomic E-state index is 0.0724. The number of aliphatic imine (C=N–C) groups is 1. The Morgan fingerprint density at radius 3 is 2.31 bits per heavy atom. The van der Waals surface area contributed by atoms with Gasteiger partial charge in [0.1, 0.15) is 5.71 Å². The fourth-order valence-corrected chi connectivity index (χ4v) is 0.844.